The molecule has 0 N–H and O–H groups in total. The monoisotopic (exact) mass is 346 g/mol. The second kappa shape index (κ2) is 6.79. The lowest BCUT2D eigenvalue weighted by Crippen LogP contribution is -2.44. The number of nitrogens with zero attached hydrogens (tertiary/aromatic N) is 2. The number of ether oxygens (including phenoxy) is 1. The Kier molecular flexibility index (Phi) is 4.73. The van der Waals surface area contributed by atoms with Crippen molar-refractivity contribution >= 4 is 17.5 Å². The van der Waals surface area contributed by atoms with Crippen LogP contribution in [0.1, 0.15) is 27.7 Å². The van der Waals surface area contributed by atoms with E-state index in [0.717, 1.165) is 11.3 Å². The Bertz CT molecular complexity index is 814. The summed E-state index contributed by atoms with van der Waals surface area (Å²) in [7, 11) is 1.67. The summed E-state index contributed by atoms with van der Waals surface area (Å²) in [5.74, 6) is -0.252. The number of aromatic nitrogens is 1. The fourth-order valence-corrected chi connectivity index (χ4v) is 2.90. The van der Waals surface area contributed by atoms with Gasteiger partial charge in [0.25, 0.3) is 11.5 Å². The summed E-state index contributed by atoms with van der Waals surface area (Å²) in [5, 5.41) is 0.658. The zero-order valence-electron chi connectivity index (χ0n) is 13.7. The Balaban J connectivity index is 1.82. The molecule has 2 heterocycles. The number of halogens is 1. The molecule has 2 aromatic rings. The summed E-state index contributed by atoms with van der Waals surface area (Å²) in [6, 6.07) is 10.8. The zero-order valence-corrected chi connectivity index (χ0v) is 14.4. The molecule has 1 saturated heterocycles. The average molecular weight is 347 g/mol. The molecule has 0 spiro atoms. The van der Waals surface area contributed by atoms with Crippen LogP contribution in [-0.2, 0) is 11.8 Å². The van der Waals surface area contributed by atoms with Gasteiger partial charge in [-0.15, -0.1) is 0 Å². The third-order valence-electron chi connectivity index (χ3n) is 4.38. The average Bonchev–Trinajstić information content (AvgIpc) is 2.60. The van der Waals surface area contributed by atoms with Gasteiger partial charge in [-0.05, 0) is 36.8 Å². The highest BCUT2D eigenvalue weighted by Gasteiger charge is 2.27. The number of benzene rings is 1. The van der Waals surface area contributed by atoms with Crippen LogP contribution in [0.2, 0.25) is 5.02 Å². The predicted molar refractivity (Wildman–Crippen MR) is 92.5 cm³/mol. The number of pyridine rings is 1. The van der Waals surface area contributed by atoms with Crippen LogP contribution in [0.25, 0.3) is 0 Å². The number of carbonyl (C=O) groups is 1. The first-order chi connectivity index (χ1) is 11.5. The molecule has 0 unspecified atom stereocenters. The number of carbonyl (C=O) groups excluding carboxylic acids is 1. The highest BCUT2D eigenvalue weighted by molar-refractivity contribution is 6.30. The maximum Gasteiger partial charge on any atom is 0.263 e. The molecule has 1 fully saturated rings. The minimum absolute atomic E-state index is 0.194. The van der Waals surface area contributed by atoms with Gasteiger partial charge in [0.05, 0.1) is 13.2 Å². The lowest BCUT2D eigenvalue weighted by Gasteiger charge is -2.33. The van der Waals surface area contributed by atoms with E-state index in [4.69, 9.17) is 16.3 Å². The molecule has 0 bridgehead atoms. The molecule has 1 aliphatic heterocycles. The molecule has 1 atom stereocenters. The summed E-state index contributed by atoms with van der Waals surface area (Å²) < 4.78 is 7.26. The van der Waals surface area contributed by atoms with E-state index in [1.165, 1.54) is 4.57 Å². The molecule has 0 radical (unpaired) electrons. The zero-order chi connectivity index (χ0) is 17.3. The summed E-state index contributed by atoms with van der Waals surface area (Å²) >= 11 is 5.91. The third kappa shape index (κ3) is 3.23. The van der Waals surface area contributed by atoms with E-state index >= 15 is 0 Å². The molecule has 0 aliphatic carbocycles. The SMILES string of the molecule is Cc1ccc(C(=O)N2CCO[C@H](c3ccc(Cl)cc3)C2)c(=O)n1C. The van der Waals surface area contributed by atoms with Crippen LogP contribution in [0, 0.1) is 6.92 Å². The second-order valence-corrected chi connectivity index (χ2v) is 6.35. The number of rotatable bonds is 2. The van der Waals surface area contributed by atoms with Crippen molar-refractivity contribution in [3.05, 3.63) is 68.6 Å². The molecular formula is C18H19ClN2O3. The van der Waals surface area contributed by atoms with Gasteiger partial charge in [0.1, 0.15) is 11.7 Å². The van der Waals surface area contributed by atoms with Gasteiger partial charge in [-0.3, -0.25) is 9.59 Å². The lowest BCUT2D eigenvalue weighted by atomic mass is 10.1. The van der Waals surface area contributed by atoms with Crippen LogP contribution in [0.5, 0.6) is 0 Å². The van der Waals surface area contributed by atoms with Crippen LogP contribution < -0.4 is 5.56 Å². The van der Waals surface area contributed by atoms with Crippen molar-refractivity contribution in [2.24, 2.45) is 7.05 Å². The first kappa shape index (κ1) is 16.7. The first-order valence-corrected chi connectivity index (χ1v) is 8.18. The molecule has 6 heteroatoms. The van der Waals surface area contributed by atoms with E-state index in [-0.39, 0.29) is 23.1 Å². The van der Waals surface area contributed by atoms with Gasteiger partial charge in [-0.2, -0.15) is 0 Å². The minimum Gasteiger partial charge on any atom is -0.370 e. The molecule has 3 rings (SSSR count). The molecule has 0 saturated carbocycles. The first-order valence-electron chi connectivity index (χ1n) is 7.80. The highest BCUT2D eigenvalue weighted by Crippen LogP contribution is 2.24. The van der Waals surface area contributed by atoms with Gasteiger partial charge in [0.2, 0.25) is 0 Å². The molecule has 126 valence electrons. The van der Waals surface area contributed by atoms with Gasteiger partial charge < -0.3 is 14.2 Å². The maximum absolute atomic E-state index is 12.8. The molecule has 1 aromatic carbocycles. The van der Waals surface area contributed by atoms with E-state index in [9.17, 15) is 9.59 Å². The highest BCUT2D eigenvalue weighted by atomic mass is 35.5. The van der Waals surface area contributed by atoms with E-state index < -0.39 is 0 Å². The van der Waals surface area contributed by atoms with Crippen LogP contribution in [-0.4, -0.2) is 35.1 Å². The summed E-state index contributed by atoms with van der Waals surface area (Å²) in [4.78, 5) is 26.8. The number of amides is 1. The van der Waals surface area contributed by atoms with Gasteiger partial charge in [0.15, 0.2) is 0 Å². The Hall–Kier alpha value is -2.11. The standard InChI is InChI=1S/C18H19ClN2O3/c1-12-3-8-15(17(22)20(12)2)18(23)21-9-10-24-16(11-21)13-4-6-14(19)7-5-13/h3-8,16H,9-11H2,1-2H3/t16-/m0/s1. The minimum atomic E-state index is -0.269. The Morgan fingerprint density at radius 1 is 1.21 bits per heavy atom. The molecule has 1 aromatic heterocycles. The molecular weight excluding hydrogens is 328 g/mol. The largest absolute Gasteiger partial charge is 0.370 e. The van der Waals surface area contributed by atoms with Crippen molar-refractivity contribution in [3.63, 3.8) is 0 Å². The van der Waals surface area contributed by atoms with Crippen LogP contribution >= 0.6 is 11.6 Å². The summed E-state index contributed by atoms with van der Waals surface area (Å²) in [5.41, 5.74) is 1.71. The van der Waals surface area contributed by atoms with Gasteiger partial charge in [0, 0.05) is 24.3 Å². The summed E-state index contributed by atoms with van der Waals surface area (Å²) in [6.45, 7) is 3.16. The van der Waals surface area contributed by atoms with Gasteiger partial charge in [-0.1, -0.05) is 23.7 Å². The topological polar surface area (TPSA) is 51.5 Å². The van der Waals surface area contributed by atoms with Gasteiger partial charge >= 0.3 is 0 Å². The molecule has 24 heavy (non-hydrogen) atoms. The normalized spacial score (nSPS) is 17.8. The Labute approximate surface area is 145 Å². The quantitative estimate of drug-likeness (QED) is 0.839. The van der Waals surface area contributed by atoms with Crippen LogP contribution in [0.15, 0.2) is 41.2 Å². The molecule has 1 amide bonds. The predicted octanol–water partition coefficient (Wildman–Crippen LogP) is 2.56. The van der Waals surface area contributed by atoms with Crippen molar-refractivity contribution < 1.29 is 9.53 Å². The number of aryl methyl sites for hydroxylation is 1. The summed E-state index contributed by atoms with van der Waals surface area (Å²) in [6.07, 6.45) is -0.214. The lowest BCUT2D eigenvalue weighted by molar-refractivity contribution is -0.0229. The van der Waals surface area contributed by atoms with Crippen molar-refractivity contribution in [3.8, 4) is 0 Å². The van der Waals surface area contributed by atoms with Crippen LogP contribution in [0.4, 0.5) is 0 Å². The van der Waals surface area contributed by atoms with E-state index in [1.54, 1.807) is 36.2 Å². The fraction of sp³-hybridized carbons (Fsp3) is 0.333. The maximum atomic E-state index is 12.8. The fourth-order valence-electron chi connectivity index (χ4n) is 2.77. The number of hydrogen-bond acceptors (Lipinski definition) is 3. The Morgan fingerprint density at radius 3 is 2.62 bits per heavy atom. The third-order valence-corrected chi connectivity index (χ3v) is 4.63. The molecule has 5 nitrogen and oxygen atoms in total. The van der Waals surface area contributed by atoms with Crippen molar-refractivity contribution in [2.45, 2.75) is 13.0 Å². The number of morpholine rings is 1. The van der Waals surface area contributed by atoms with Crippen molar-refractivity contribution in [2.75, 3.05) is 19.7 Å². The number of hydrogen-bond donors (Lipinski definition) is 0. The van der Waals surface area contributed by atoms with E-state index in [2.05, 4.69) is 0 Å². The van der Waals surface area contributed by atoms with Crippen molar-refractivity contribution in [1.29, 1.82) is 0 Å². The van der Waals surface area contributed by atoms with Gasteiger partial charge in [-0.25, -0.2) is 0 Å². The van der Waals surface area contributed by atoms with E-state index in [1.807, 2.05) is 19.1 Å². The second-order valence-electron chi connectivity index (χ2n) is 5.91. The molecule has 1 aliphatic rings. The Morgan fingerprint density at radius 2 is 1.92 bits per heavy atom. The smallest absolute Gasteiger partial charge is 0.263 e. The van der Waals surface area contributed by atoms with Crippen molar-refractivity contribution in [1.82, 2.24) is 9.47 Å². The van der Waals surface area contributed by atoms with Crippen LogP contribution in [0.3, 0.4) is 0 Å². The van der Waals surface area contributed by atoms with E-state index in [0.29, 0.717) is 24.7 Å².